The summed E-state index contributed by atoms with van der Waals surface area (Å²) in [6, 6.07) is 11.2. The van der Waals surface area contributed by atoms with Gasteiger partial charge in [0, 0.05) is 4.88 Å². The van der Waals surface area contributed by atoms with Crippen LogP contribution in [0, 0.1) is 11.3 Å². The van der Waals surface area contributed by atoms with Crippen molar-refractivity contribution in [3.8, 4) is 6.07 Å². The zero-order valence-electron chi connectivity index (χ0n) is 12.0. The zero-order chi connectivity index (χ0) is 15.6. The van der Waals surface area contributed by atoms with Gasteiger partial charge in [0.05, 0.1) is 11.3 Å². The van der Waals surface area contributed by atoms with Crippen molar-refractivity contribution in [1.29, 1.82) is 5.26 Å². The number of aryl methyl sites for hydroxylation is 1. The number of sulfonamides is 1. The predicted octanol–water partition coefficient (Wildman–Crippen LogP) is 3.44. The van der Waals surface area contributed by atoms with Gasteiger partial charge in [-0.15, -0.1) is 11.3 Å². The van der Waals surface area contributed by atoms with Gasteiger partial charge in [-0.05, 0) is 36.8 Å². The van der Waals surface area contributed by atoms with Crippen LogP contribution in [0.3, 0.4) is 0 Å². The molecule has 0 bridgehead atoms. The van der Waals surface area contributed by atoms with Gasteiger partial charge in [0.25, 0.3) is 0 Å². The van der Waals surface area contributed by atoms with E-state index in [1.54, 1.807) is 12.1 Å². The van der Waals surface area contributed by atoms with Gasteiger partial charge >= 0.3 is 0 Å². The van der Waals surface area contributed by atoms with Crippen molar-refractivity contribution >= 4 is 26.4 Å². The Kier molecular flexibility index (Phi) is 4.19. The van der Waals surface area contributed by atoms with Crippen molar-refractivity contribution in [3.63, 3.8) is 0 Å². The van der Waals surface area contributed by atoms with Gasteiger partial charge < -0.3 is 0 Å². The number of rotatable bonds is 4. The lowest BCUT2D eigenvalue weighted by molar-refractivity contribution is 0.600. The fraction of sp³-hybridized carbons (Fsp3) is 0.312. The minimum Gasteiger partial charge on any atom is -0.273 e. The number of nitrogens with one attached hydrogen (secondary N) is 1. The first kappa shape index (κ1) is 15.1. The van der Waals surface area contributed by atoms with Crippen LogP contribution >= 0.6 is 11.3 Å². The highest BCUT2D eigenvalue weighted by atomic mass is 32.2. The first-order valence-corrected chi connectivity index (χ1v) is 9.65. The summed E-state index contributed by atoms with van der Waals surface area (Å²) < 4.78 is 27.3. The molecule has 0 radical (unpaired) electrons. The Balaban J connectivity index is 1.86. The summed E-state index contributed by atoms with van der Waals surface area (Å²) in [7, 11) is -3.51. The molecule has 0 amide bonds. The monoisotopic (exact) mass is 332 g/mol. The largest absolute Gasteiger partial charge is 0.273 e. The fourth-order valence-electron chi connectivity index (χ4n) is 2.73. The molecule has 2 aromatic rings. The quantitative estimate of drug-likeness (QED) is 0.932. The molecular formula is C16H16N2O2S2. The van der Waals surface area contributed by atoms with Gasteiger partial charge in [0.2, 0.25) is 10.0 Å². The Hall–Kier alpha value is -1.84. The van der Waals surface area contributed by atoms with Crippen LogP contribution in [0.5, 0.6) is 0 Å². The maximum atomic E-state index is 12.3. The maximum Gasteiger partial charge on any atom is 0.237 e. The molecule has 0 saturated heterocycles. The minimum absolute atomic E-state index is 0.0821. The standard InChI is InChI=1S/C16H16N2O2S2/c17-10-14-13-8-4-5-9-15(13)21-16(14)18-22(19,20)11-12-6-2-1-3-7-12/h1-3,6-7,18H,4-5,8-9,11H2. The van der Waals surface area contributed by atoms with Gasteiger partial charge in [0.1, 0.15) is 11.1 Å². The Labute approximate surface area is 134 Å². The third-order valence-electron chi connectivity index (χ3n) is 3.73. The molecule has 1 aliphatic carbocycles. The van der Waals surface area contributed by atoms with Crippen molar-refractivity contribution in [1.82, 2.24) is 0 Å². The van der Waals surface area contributed by atoms with E-state index in [0.717, 1.165) is 41.7 Å². The lowest BCUT2D eigenvalue weighted by Crippen LogP contribution is -2.15. The highest BCUT2D eigenvalue weighted by Crippen LogP contribution is 2.38. The first-order valence-electron chi connectivity index (χ1n) is 7.18. The van der Waals surface area contributed by atoms with Crippen LogP contribution in [-0.2, 0) is 28.6 Å². The van der Waals surface area contributed by atoms with E-state index < -0.39 is 10.0 Å². The SMILES string of the molecule is N#Cc1c(NS(=O)(=O)Cc2ccccc2)sc2c1CCCC2. The van der Waals surface area contributed by atoms with E-state index in [4.69, 9.17) is 0 Å². The molecule has 0 fully saturated rings. The molecule has 1 heterocycles. The molecule has 0 atom stereocenters. The van der Waals surface area contributed by atoms with Gasteiger partial charge in [-0.2, -0.15) is 5.26 Å². The van der Waals surface area contributed by atoms with E-state index in [9.17, 15) is 13.7 Å². The van der Waals surface area contributed by atoms with Crippen molar-refractivity contribution < 1.29 is 8.42 Å². The molecule has 4 nitrogen and oxygen atoms in total. The van der Waals surface area contributed by atoms with Crippen molar-refractivity contribution in [2.45, 2.75) is 31.4 Å². The number of fused-ring (bicyclic) bond motifs is 1. The van der Waals surface area contributed by atoms with Crippen LogP contribution in [0.4, 0.5) is 5.00 Å². The van der Waals surface area contributed by atoms with Crippen LogP contribution in [0.1, 0.15) is 34.4 Å². The molecule has 1 aliphatic rings. The van der Waals surface area contributed by atoms with Crippen molar-refractivity contribution in [2.24, 2.45) is 0 Å². The summed E-state index contributed by atoms with van der Waals surface area (Å²) in [6.45, 7) is 0. The molecule has 3 rings (SSSR count). The average Bonchev–Trinajstić information content (AvgIpc) is 2.83. The van der Waals surface area contributed by atoms with E-state index in [2.05, 4.69) is 10.8 Å². The maximum absolute atomic E-state index is 12.3. The molecule has 0 unspecified atom stereocenters. The van der Waals surface area contributed by atoms with Crippen LogP contribution in [0.2, 0.25) is 0 Å². The summed E-state index contributed by atoms with van der Waals surface area (Å²) in [4.78, 5) is 1.15. The summed E-state index contributed by atoms with van der Waals surface area (Å²) in [5.41, 5.74) is 2.28. The zero-order valence-corrected chi connectivity index (χ0v) is 13.6. The van der Waals surface area contributed by atoms with Gasteiger partial charge in [-0.25, -0.2) is 8.42 Å². The topological polar surface area (TPSA) is 70.0 Å². The number of benzene rings is 1. The van der Waals surface area contributed by atoms with Crippen LogP contribution < -0.4 is 4.72 Å². The first-order chi connectivity index (χ1) is 10.6. The van der Waals surface area contributed by atoms with Crippen molar-refractivity contribution in [2.75, 3.05) is 4.72 Å². The fourth-order valence-corrected chi connectivity index (χ4v) is 5.45. The van der Waals surface area contributed by atoms with E-state index in [1.165, 1.54) is 11.3 Å². The predicted molar refractivity (Wildman–Crippen MR) is 88.4 cm³/mol. The smallest absolute Gasteiger partial charge is 0.237 e. The van der Waals surface area contributed by atoms with E-state index >= 15 is 0 Å². The molecule has 0 saturated carbocycles. The van der Waals surface area contributed by atoms with Crippen LogP contribution in [0.15, 0.2) is 30.3 Å². The minimum atomic E-state index is -3.51. The van der Waals surface area contributed by atoms with Crippen LogP contribution in [-0.4, -0.2) is 8.42 Å². The third kappa shape index (κ3) is 3.16. The number of nitriles is 1. The molecule has 22 heavy (non-hydrogen) atoms. The van der Waals surface area contributed by atoms with Gasteiger partial charge in [0.15, 0.2) is 0 Å². The van der Waals surface area contributed by atoms with E-state index in [0.29, 0.717) is 10.6 Å². The Morgan fingerprint density at radius 3 is 2.64 bits per heavy atom. The Morgan fingerprint density at radius 1 is 1.18 bits per heavy atom. The average molecular weight is 332 g/mol. The summed E-state index contributed by atoms with van der Waals surface area (Å²) in [5.74, 6) is -0.0821. The lowest BCUT2D eigenvalue weighted by atomic mass is 9.96. The number of hydrogen-bond acceptors (Lipinski definition) is 4. The summed E-state index contributed by atoms with van der Waals surface area (Å²) in [5, 5.41) is 9.85. The third-order valence-corrected chi connectivity index (χ3v) is 6.30. The van der Waals surface area contributed by atoms with Gasteiger partial charge in [-0.1, -0.05) is 30.3 Å². The number of nitrogens with zero attached hydrogens (tertiary/aromatic N) is 1. The second-order valence-corrected chi connectivity index (χ2v) is 8.20. The second kappa shape index (κ2) is 6.11. The Bertz CT molecular complexity index is 818. The molecule has 0 spiro atoms. The molecule has 1 aromatic heterocycles. The number of hydrogen-bond donors (Lipinski definition) is 1. The summed E-state index contributed by atoms with van der Waals surface area (Å²) >= 11 is 1.41. The Morgan fingerprint density at radius 2 is 1.91 bits per heavy atom. The van der Waals surface area contributed by atoms with E-state index in [1.807, 2.05) is 18.2 Å². The molecule has 1 aromatic carbocycles. The highest BCUT2D eigenvalue weighted by Gasteiger charge is 2.23. The molecule has 1 N–H and O–H groups in total. The number of thiophene rings is 1. The molecule has 0 aliphatic heterocycles. The van der Waals surface area contributed by atoms with E-state index in [-0.39, 0.29) is 5.75 Å². The van der Waals surface area contributed by atoms with Gasteiger partial charge in [-0.3, -0.25) is 4.72 Å². The normalized spacial score (nSPS) is 14.1. The van der Waals surface area contributed by atoms with Crippen molar-refractivity contribution in [3.05, 3.63) is 51.9 Å². The molecular weight excluding hydrogens is 316 g/mol. The highest BCUT2D eigenvalue weighted by molar-refractivity contribution is 7.92. The second-order valence-electron chi connectivity index (χ2n) is 5.37. The van der Waals surface area contributed by atoms with Crippen LogP contribution in [0.25, 0.3) is 0 Å². The lowest BCUT2D eigenvalue weighted by Gasteiger charge is -2.09. The molecule has 114 valence electrons. The summed E-state index contributed by atoms with van der Waals surface area (Å²) in [6.07, 6.45) is 3.98. The molecule has 6 heteroatoms. The number of anilines is 1.